The number of ketones is 1. The van der Waals surface area contributed by atoms with Crippen molar-refractivity contribution in [3.8, 4) is 0 Å². The minimum absolute atomic E-state index is 0.457. The van der Waals surface area contributed by atoms with E-state index in [-0.39, 0.29) is 0 Å². The van der Waals surface area contributed by atoms with Crippen molar-refractivity contribution in [3.63, 3.8) is 0 Å². The topological polar surface area (TPSA) is 20.3 Å². The summed E-state index contributed by atoms with van der Waals surface area (Å²) in [5.41, 5.74) is 2.74. The van der Waals surface area contributed by atoms with Gasteiger partial charge in [0.1, 0.15) is 6.54 Å². The number of benzene rings is 2. The summed E-state index contributed by atoms with van der Waals surface area (Å²) in [4.78, 5) is 14.5. The molecule has 0 radical (unpaired) electrons. The third-order valence-corrected chi connectivity index (χ3v) is 5.88. The zero-order valence-electron chi connectivity index (χ0n) is 14.8. The molecule has 2 aliphatic rings. The molecule has 2 heterocycles. The molecule has 2 aromatic rings. The highest BCUT2D eigenvalue weighted by Crippen LogP contribution is 2.29. The van der Waals surface area contributed by atoms with Gasteiger partial charge in [-0.05, 0) is 11.1 Å². The van der Waals surface area contributed by atoms with Gasteiger partial charge in [0.15, 0.2) is 5.78 Å². The maximum absolute atomic E-state index is 11.8. The molecular formula is C22H27N2O+. The summed E-state index contributed by atoms with van der Waals surface area (Å²) in [5, 5.41) is 0. The molecule has 2 aromatic carbocycles. The lowest BCUT2D eigenvalue weighted by molar-refractivity contribution is -0.902. The van der Waals surface area contributed by atoms with Crippen LogP contribution in [0.4, 0.5) is 0 Å². The lowest BCUT2D eigenvalue weighted by atomic mass is 10.1. The van der Waals surface area contributed by atoms with Gasteiger partial charge in [-0.1, -0.05) is 60.7 Å². The zero-order chi connectivity index (χ0) is 17.1. The molecule has 2 atom stereocenters. The molecule has 0 bridgehead atoms. The van der Waals surface area contributed by atoms with E-state index in [1.807, 2.05) is 0 Å². The van der Waals surface area contributed by atoms with Crippen LogP contribution in [0.1, 0.15) is 24.0 Å². The van der Waals surface area contributed by atoms with Gasteiger partial charge >= 0.3 is 0 Å². The summed E-state index contributed by atoms with van der Waals surface area (Å²) in [5.74, 6) is 0.457. The molecular weight excluding hydrogens is 308 g/mol. The normalized spacial score (nSPS) is 26.0. The first kappa shape index (κ1) is 16.5. The van der Waals surface area contributed by atoms with Gasteiger partial charge in [-0.2, -0.15) is 0 Å². The van der Waals surface area contributed by atoms with Crippen LogP contribution in [0.15, 0.2) is 60.7 Å². The van der Waals surface area contributed by atoms with Gasteiger partial charge in [-0.15, -0.1) is 0 Å². The van der Waals surface area contributed by atoms with E-state index in [1.165, 1.54) is 17.5 Å². The maximum atomic E-state index is 11.8. The Morgan fingerprint density at radius 3 is 2.00 bits per heavy atom. The molecule has 0 saturated carbocycles. The lowest BCUT2D eigenvalue weighted by Crippen LogP contribution is -2.46. The second kappa shape index (κ2) is 7.11. The summed E-state index contributed by atoms with van der Waals surface area (Å²) in [6.45, 7) is 6.07. The van der Waals surface area contributed by atoms with Crippen molar-refractivity contribution < 1.29 is 9.28 Å². The number of rotatable bonds is 5. The monoisotopic (exact) mass is 335 g/mol. The first-order valence-electron chi connectivity index (χ1n) is 9.41. The molecule has 25 heavy (non-hydrogen) atoms. The van der Waals surface area contributed by atoms with E-state index in [4.69, 9.17) is 0 Å². The van der Waals surface area contributed by atoms with Crippen molar-refractivity contribution >= 4 is 5.78 Å². The van der Waals surface area contributed by atoms with Crippen molar-refractivity contribution in [2.75, 3.05) is 26.2 Å². The van der Waals surface area contributed by atoms with E-state index < -0.39 is 0 Å². The summed E-state index contributed by atoms with van der Waals surface area (Å²) < 4.78 is 1.03. The summed E-state index contributed by atoms with van der Waals surface area (Å²) in [6.07, 6.45) is 1.98. The van der Waals surface area contributed by atoms with Gasteiger partial charge in [-0.3, -0.25) is 9.69 Å². The smallest absolute Gasteiger partial charge is 0.192 e. The van der Waals surface area contributed by atoms with Crippen LogP contribution < -0.4 is 0 Å². The first-order chi connectivity index (χ1) is 12.2. The van der Waals surface area contributed by atoms with Crippen molar-refractivity contribution in [2.45, 2.75) is 32.0 Å². The van der Waals surface area contributed by atoms with E-state index in [0.29, 0.717) is 11.8 Å². The Morgan fingerprint density at radius 1 is 0.880 bits per heavy atom. The van der Waals surface area contributed by atoms with Crippen LogP contribution in [-0.2, 0) is 17.9 Å². The number of hydrogen-bond acceptors (Lipinski definition) is 2. The van der Waals surface area contributed by atoms with Crippen molar-refractivity contribution in [1.82, 2.24) is 4.90 Å². The fourth-order valence-electron chi connectivity index (χ4n) is 4.54. The lowest BCUT2D eigenvalue weighted by Gasteiger charge is -2.32. The maximum Gasteiger partial charge on any atom is 0.192 e. The molecule has 2 fully saturated rings. The number of carbonyl (C=O) groups excluding carboxylic acids is 1. The summed E-state index contributed by atoms with van der Waals surface area (Å²) in [6, 6.07) is 22.1. The molecule has 130 valence electrons. The number of carbonyl (C=O) groups is 1. The third kappa shape index (κ3) is 3.83. The Labute approximate surface area is 150 Å². The van der Waals surface area contributed by atoms with E-state index in [9.17, 15) is 4.79 Å². The second-order valence-corrected chi connectivity index (χ2v) is 7.74. The van der Waals surface area contributed by atoms with E-state index >= 15 is 0 Å². The standard InChI is InChI=1S/C22H27N2O/c25-22-12-14-24(18-22)13-11-21(17-24)23(15-19-7-3-1-4-8-19)16-20-9-5-2-6-10-20/h1-10,21H,11-18H2/q+1/t21-,24?/m0/s1. The molecule has 3 heteroatoms. The average Bonchev–Trinajstić information content (AvgIpc) is 3.22. The van der Waals surface area contributed by atoms with Crippen molar-refractivity contribution in [2.24, 2.45) is 0 Å². The average molecular weight is 335 g/mol. The van der Waals surface area contributed by atoms with Crippen LogP contribution in [0.25, 0.3) is 0 Å². The predicted molar refractivity (Wildman–Crippen MR) is 99.9 cm³/mol. The number of quaternary nitrogens is 1. The molecule has 0 N–H and O–H groups in total. The largest absolute Gasteiger partial charge is 0.316 e. The summed E-state index contributed by atoms with van der Waals surface area (Å²) in [7, 11) is 0. The molecule has 1 unspecified atom stereocenters. The Morgan fingerprint density at radius 2 is 1.48 bits per heavy atom. The van der Waals surface area contributed by atoms with Gasteiger partial charge in [0.05, 0.1) is 32.1 Å². The molecule has 4 rings (SSSR count). The van der Waals surface area contributed by atoms with Crippen LogP contribution in [0.2, 0.25) is 0 Å². The fourth-order valence-corrected chi connectivity index (χ4v) is 4.54. The number of Topliss-reactive ketones (excluding diaryl/α,β-unsaturated/α-hetero) is 1. The van der Waals surface area contributed by atoms with E-state index in [0.717, 1.165) is 50.2 Å². The van der Waals surface area contributed by atoms with Gasteiger partial charge in [0.25, 0.3) is 0 Å². The van der Waals surface area contributed by atoms with E-state index in [1.54, 1.807) is 0 Å². The highest BCUT2D eigenvalue weighted by molar-refractivity contribution is 5.81. The van der Waals surface area contributed by atoms with Crippen LogP contribution in [0.5, 0.6) is 0 Å². The van der Waals surface area contributed by atoms with Crippen molar-refractivity contribution in [1.29, 1.82) is 0 Å². The van der Waals surface area contributed by atoms with Crippen LogP contribution in [-0.4, -0.2) is 47.4 Å². The number of hydrogen-bond donors (Lipinski definition) is 0. The SMILES string of the molecule is O=C1CC[N+]2(CC[C@H](N(Cc3ccccc3)Cc3ccccc3)C2)C1. The molecule has 3 nitrogen and oxygen atoms in total. The zero-order valence-corrected chi connectivity index (χ0v) is 14.8. The van der Waals surface area contributed by atoms with Crippen LogP contribution in [0, 0.1) is 0 Å². The molecule has 0 amide bonds. The first-order valence-corrected chi connectivity index (χ1v) is 9.41. The molecule has 0 aliphatic carbocycles. The van der Waals surface area contributed by atoms with Gasteiger partial charge < -0.3 is 4.48 Å². The van der Waals surface area contributed by atoms with Gasteiger partial charge in [0, 0.05) is 19.5 Å². The van der Waals surface area contributed by atoms with E-state index in [2.05, 4.69) is 65.6 Å². The highest BCUT2D eigenvalue weighted by Gasteiger charge is 2.45. The molecule has 0 aromatic heterocycles. The van der Waals surface area contributed by atoms with Crippen LogP contribution in [0.3, 0.4) is 0 Å². The number of nitrogens with zero attached hydrogens (tertiary/aromatic N) is 2. The minimum atomic E-state index is 0.457. The minimum Gasteiger partial charge on any atom is -0.316 e. The Kier molecular flexibility index (Phi) is 4.69. The second-order valence-electron chi connectivity index (χ2n) is 7.74. The van der Waals surface area contributed by atoms with Gasteiger partial charge in [0.2, 0.25) is 0 Å². The third-order valence-electron chi connectivity index (χ3n) is 5.88. The Bertz CT molecular complexity index is 674. The molecule has 2 aliphatic heterocycles. The molecule has 2 saturated heterocycles. The predicted octanol–water partition coefficient (Wildman–Crippen LogP) is 3.25. The Hall–Kier alpha value is -1.97. The fraction of sp³-hybridized carbons (Fsp3) is 0.409. The van der Waals surface area contributed by atoms with Gasteiger partial charge in [-0.25, -0.2) is 0 Å². The van der Waals surface area contributed by atoms with Crippen LogP contribution >= 0.6 is 0 Å². The quantitative estimate of drug-likeness (QED) is 0.782. The van der Waals surface area contributed by atoms with Crippen molar-refractivity contribution in [3.05, 3.63) is 71.8 Å². The molecule has 1 spiro atoms. The summed E-state index contributed by atoms with van der Waals surface area (Å²) >= 11 is 0. The highest BCUT2D eigenvalue weighted by atomic mass is 16.1. The Balaban J connectivity index is 1.52.